The number of carbonyl (C=O) groups excluding carboxylic acids is 1. The number of nitrogens with one attached hydrogen (secondary N) is 2. The molecule has 0 radical (unpaired) electrons. The number of amides is 1. The second-order valence-electron chi connectivity index (χ2n) is 3.39. The van der Waals surface area contributed by atoms with Crippen LogP contribution in [-0.2, 0) is 9.53 Å². The number of halogens is 1. The number of anilines is 1. The lowest BCUT2D eigenvalue weighted by molar-refractivity contribution is -0.121. The van der Waals surface area contributed by atoms with Gasteiger partial charge in [-0.3, -0.25) is 4.79 Å². The molecular formula is C11H16ClN3O2. The van der Waals surface area contributed by atoms with E-state index in [9.17, 15) is 4.79 Å². The van der Waals surface area contributed by atoms with Gasteiger partial charge in [-0.05, 0) is 12.1 Å². The Labute approximate surface area is 106 Å². The summed E-state index contributed by atoms with van der Waals surface area (Å²) in [5, 5.41) is 6.26. The van der Waals surface area contributed by atoms with Crippen LogP contribution in [0.25, 0.3) is 0 Å². The van der Waals surface area contributed by atoms with Gasteiger partial charge in [0, 0.05) is 38.5 Å². The monoisotopic (exact) mass is 257 g/mol. The van der Waals surface area contributed by atoms with Crippen molar-refractivity contribution < 1.29 is 9.53 Å². The van der Waals surface area contributed by atoms with E-state index >= 15 is 0 Å². The molecule has 0 aromatic carbocycles. The Morgan fingerprint density at radius 1 is 1.53 bits per heavy atom. The largest absolute Gasteiger partial charge is 0.384 e. The molecule has 0 saturated heterocycles. The molecule has 0 saturated carbocycles. The van der Waals surface area contributed by atoms with Crippen molar-refractivity contribution in [2.45, 2.75) is 6.42 Å². The van der Waals surface area contributed by atoms with Crippen LogP contribution < -0.4 is 10.6 Å². The van der Waals surface area contributed by atoms with E-state index in [0.29, 0.717) is 31.3 Å². The van der Waals surface area contributed by atoms with Crippen molar-refractivity contribution in [3.8, 4) is 0 Å². The van der Waals surface area contributed by atoms with Crippen LogP contribution in [0, 0.1) is 0 Å². The molecule has 0 aliphatic rings. The summed E-state index contributed by atoms with van der Waals surface area (Å²) in [6, 6.07) is 3.51. The third-order valence-electron chi connectivity index (χ3n) is 2.04. The van der Waals surface area contributed by atoms with Crippen LogP contribution in [0.3, 0.4) is 0 Å². The third kappa shape index (κ3) is 6.09. The Kier molecular flexibility index (Phi) is 6.35. The summed E-state index contributed by atoms with van der Waals surface area (Å²) < 4.78 is 4.83. The van der Waals surface area contributed by atoms with E-state index < -0.39 is 0 Å². The molecule has 6 heteroatoms. The van der Waals surface area contributed by atoms with Gasteiger partial charge in [0.05, 0.1) is 6.61 Å². The first-order valence-corrected chi connectivity index (χ1v) is 5.71. The first kappa shape index (κ1) is 13.7. The first-order valence-electron chi connectivity index (χ1n) is 5.33. The summed E-state index contributed by atoms with van der Waals surface area (Å²) >= 11 is 5.73. The summed E-state index contributed by atoms with van der Waals surface area (Å²) in [6.45, 7) is 1.62. The molecule has 0 aliphatic carbocycles. The van der Waals surface area contributed by atoms with Crippen molar-refractivity contribution in [2.24, 2.45) is 0 Å². The van der Waals surface area contributed by atoms with Gasteiger partial charge in [0.1, 0.15) is 5.15 Å². The zero-order chi connectivity index (χ0) is 12.5. The van der Waals surface area contributed by atoms with E-state index in [4.69, 9.17) is 16.3 Å². The number of methoxy groups -OCH3 is 1. The average molecular weight is 258 g/mol. The fraction of sp³-hybridized carbons (Fsp3) is 0.455. The van der Waals surface area contributed by atoms with E-state index in [0.717, 1.165) is 5.69 Å². The molecule has 1 aromatic heterocycles. The second-order valence-corrected chi connectivity index (χ2v) is 3.77. The lowest BCUT2D eigenvalue weighted by Gasteiger charge is -2.07. The normalized spacial score (nSPS) is 10.0. The second kappa shape index (κ2) is 7.86. The molecule has 1 rings (SSSR count). The highest BCUT2D eigenvalue weighted by atomic mass is 35.5. The van der Waals surface area contributed by atoms with Crippen LogP contribution in [0.5, 0.6) is 0 Å². The van der Waals surface area contributed by atoms with Crippen molar-refractivity contribution in [1.82, 2.24) is 10.3 Å². The molecule has 5 nitrogen and oxygen atoms in total. The molecule has 0 fully saturated rings. The highest BCUT2D eigenvalue weighted by Crippen LogP contribution is 2.11. The number of hydrogen-bond acceptors (Lipinski definition) is 4. The summed E-state index contributed by atoms with van der Waals surface area (Å²) in [5.74, 6) is -0.00490. The number of ether oxygens (including phenoxy) is 1. The Morgan fingerprint density at radius 3 is 3.06 bits per heavy atom. The van der Waals surface area contributed by atoms with Gasteiger partial charge >= 0.3 is 0 Å². The van der Waals surface area contributed by atoms with E-state index in [1.807, 2.05) is 0 Å². The standard InChI is InChI=1S/C11H16ClN3O2/c1-17-7-6-15-11(16)3-5-13-9-2-4-14-10(12)8-9/h2,4,8H,3,5-7H2,1H3,(H,13,14)(H,15,16). The van der Waals surface area contributed by atoms with Crippen molar-refractivity contribution >= 4 is 23.2 Å². The van der Waals surface area contributed by atoms with Crippen molar-refractivity contribution in [2.75, 3.05) is 32.1 Å². The fourth-order valence-corrected chi connectivity index (χ4v) is 1.39. The zero-order valence-corrected chi connectivity index (χ0v) is 10.5. The summed E-state index contributed by atoms with van der Waals surface area (Å²) in [5.41, 5.74) is 0.856. The molecule has 0 atom stereocenters. The summed E-state index contributed by atoms with van der Waals surface area (Å²) in [7, 11) is 1.60. The van der Waals surface area contributed by atoms with Crippen molar-refractivity contribution in [1.29, 1.82) is 0 Å². The van der Waals surface area contributed by atoms with Crippen LogP contribution in [0.15, 0.2) is 18.3 Å². The molecule has 1 heterocycles. The predicted molar refractivity (Wildman–Crippen MR) is 67.2 cm³/mol. The number of nitrogens with zero attached hydrogens (tertiary/aromatic N) is 1. The van der Waals surface area contributed by atoms with E-state index in [2.05, 4.69) is 15.6 Å². The quantitative estimate of drug-likeness (QED) is 0.571. The molecular weight excluding hydrogens is 242 g/mol. The number of hydrogen-bond donors (Lipinski definition) is 2. The van der Waals surface area contributed by atoms with Crippen molar-refractivity contribution in [3.63, 3.8) is 0 Å². The predicted octanol–water partition coefficient (Wildman–Crippen LogP) is 1.30. The van der Waals surface area contributed by atoms with Crippen LogP contribution in [0.4, 0.5) is 5.69 Å². The zero-order valence-electron chi connectivity index (χ0n) is 9.70. The van der Waals surface area contributed by atoms with Gasteiger partial charge in [0.15, 0.2) is 0 Å². The Morgan fingerprint density at radius 2 is 2.35 bits per heavy atom. The maximum atomic E-state index is 11.3. The Bertz CT molecular complexity index is 360. The minimum Gasteiger partial charge on any atom is -0.384 e. The van der Waals surface area contributed by atoms with Crippen LogP contribution in [-0.4, -0.2) is 37.7 Å². The first-order chi connectivity index (χ1) is 8.22. The highest BCUT2D eigenvalue weighted by Gasteiger charge is 2.00. The van der Waals surface area contributed by atoms with Gasteiger partial charge in [-0.25, -0.2) is 4.98 Å². The summed E-state index contributed by atoms with van der Waals surface area (Å²) in [4.78, 5) is 15.2. The molecule has 0 aliphatic heterocycles. The lowest BCUT2D eigenvalue weighted by Crippen LogP contribution is -2.28. The maximum Gasteiger partial charge on any atom is 0.221 e. The molecule has 0 bridgehead atoms. The van der Waals surface area contributed by atoms with Crippen molar-refractivity contribution in [3.05, 3.63) is 23.5 Å². The number of aromatic nitrogens is 1. The molecule has 17 heavy (non-hydrogen) atoms. The van der Waals surface area contributed by atoms with Gasteiger partial charge in [0.25, 0.3) is 0 Å². The SMILES string of the molecule is COCCNC(=O)CCNc1ccnc(Cl)c1. The van der Waals surface area contributed by atoms with Gasteiger partial charge in [-0.1, -0.05) is 11.6 Å². The Hall–Kier alpha value is -1.33. The molecule has 0 unspecified atom stereocenters. The summed E-state index contributed by atoms with van der Waals surface area (Å²) in [6.07, 6.45) is 2.02. The van der Waals surface area contributed by atoms with Gasteiger partial charge in [0.2, 0.25) is 5.91 Å². The fourth-order valence-electron chi connectivity index (χ4n) is 1.21. The van der Waals surface area contributed by atoms with E-state index in [-0.39, 0.29) is 5.91 Å². The van der Waals surface area contributed by atoms with Gasteiger partial charge in [-0.15, -0.1) is 0 Å². The molecule has 94 valence electrons. The molecule has 2 N–H and O–H groups in total. The van der Waals surface area contributed by atoms with E-state index in [1.54, 1.807) is 25.4 Å². The highest BCUT2D eigenvalue weighted by molar-refractivity contribution is 6.29. The molecule has 1 amide bonds. The van der Waals surface area contributed by atoms with E-state index in [1.165, 1.54) is 0 Å². The number of carbonyl (C=O) groups is 1. The topological polar surface area (TPSA) is 63.2 Å². The number of pyridine rings is 1. The minimum atomic E-state index is -0.00490. The number of rotatable bonds is 7. The average Bonchev–Trinajstić information content (AvgIpc) is 2.29. The van der Waals surface area contributed by atoms with Crippen LogP contribution >= 0.6 is 11.6 Å². The Balaban J connectivity index is 2.17. The lowest BCUT2D eigenvalue weighted by atomic mass is 10.3. The molecule has 1 aromatic rings. The van der Waals surface area contributed by atoms with Gasteiger partial charge < -0.3 is 15.4 Å². The van der Waals surface area contributed by atoms with Gasteiger partial charge in [-0.2, -0.15) is 0 Å². The van der Waals surface area contributed by atoms with Crippen LogP contribution in [0.1, 0.15) is 6.42 Å². The third-order valence-corrected chi connectivity index (χ3v) is 2.24. The minimum absolute atomic E-state index is 0.00490. The van der Waals surface area contributed by atoms with Crippen LogP contribution in [0.2, 0.25) is 5.15 Å². The maximum absolute atomic E-state index is 11.3. The molecule has 0 spiro atoms. The smallest absolute Gasteiger partial charge is 0.221 e.